The summed E-state index contributed by atoms with van der Waals surface area (Å²) in [7, 11) is 1.74. The Morgan fingerprint density at radius 3 is 2.90 bits per heavy atom. The highest BCUT2D eigenvalue weighted by Gasteiger charge is 2.15. The first-order chi connectivity index (χ1) is 9.72. The fraction of sp³-hybridized carbons (Fsp3) is 0.538. The third-order valence-electron chi connectivity index (χ3n) is 2.90. The quantitative estimate of drug-likeness (QED) is 0.731. The molecule has 0 aromatic carbocycles. The lowest BCUT2D eigenvalue weighted by Crippen LogP contribution is -2.02. The van der Waals surface area contributed by atoms with Gasteiger partial charge in [0.05, 0.1) is 16.3 Å². The molecule has 2 aromatic heterocycles. The van der Waals surface area contributed by atoms with Gasteiger partial charge in [-0.1, -0.05) is 0 Å². The molecule has 0 saturated carbocycles. The Morgan fingerprint density at radius 2 is 2.20 bits per heavy atom. The number of nitrogens with two attached hydrogens (primary N) is 1. The summed E-state index contributed by atoms with van der Waals surface area (Å²) in [5.41, 5.74) is 7.82. The number of unbranched alkanes of at least 4 members (excludes halogenated alkanes) is 2. The van der Waals surface area contributed by atoms with Crippen LogP contribution in [0.25, 0.3) is 11.3 Å². The second kappa shape index (κ2) is 7.56. The van der Waals surface area contributed by atoms with E-state index >= 15 is 0 Å². The van der Waals surface area contributed by atoms with Crippen molar-refractivity contribution >= 4 is 33.7 Å². The SMILES string of the molecule is COCCCCCNc1snc(N)c1-c1csc(C)n1. The normalized spacial score (nSPS) is 10.9. The molecule has 2 aromatic rings. The van der Waals surface area contributed by atoms with E-state index in [1.807, 2.05) is 12.3 Å². The molecule has 5 nitrogen and oxygen atoms in total. The number of anilines is 2. The number of aromatic nitrogens is 2. The zero-order valence-electron chi connectivity index (χ0n) is 11.8. The summed E-state index contributed by atoms with van der Waals surface area (Å²) in [4.78, 5) is 4.49. The lowest BCUT2D eigenvalue weighted by molar-refractivity contribution is 0.192. The van der Waals surface area contributed by atoms with Gasteiger partial charge in [-0.25, -0.2) is 4.98 Å². The molecule has 0 atom stereocenters. The van der Waals surface area contributed by atoms with Crippen molar-refractivity contribution in [2.45, 2.75) is 26.2 Å². The largest absolute Gasteiger partial charge is 0.385 e. The summed E-state index contributed by atoms with van der Waals surface area (Å²) < 4.78 is 9.27. The topological polar surface area (TPSA) is 73.1 Å². The third kappa shape index (κ3) is 3.91. The van der Waals surface area contributed by atoms with E-state index in [4.69, 9.17) is 10.5 Å². The minimum absolute atomic E-state index is 0.558. The number of hydrogen-bond acceptors (Lipinski definition) is 7. The molecule has 2 heterocycles. The van der Waals surface area contributed by atoms with Gasteiger partial charge < -0.3 is 15.8 Å². The molecule has 0 aliphatic heterocycles. The van der Waals surface area contributed by atoms with Crippen LogP contribution in [0, 0.1) is 6.92 Å². The number of nitrogen functional groups attached to an aromatic ring is 1. The molecule has 110 valence electrons. The van der Waals surface area contributed by atoms with E-state index in [1.165, 1.54) is 11.5 Å². The first kappa shape index (κ1) is 15.2. The maximum Gasteiger partial charge on any atom is 0.148 e. The maximum atomic E-state index is 5.96. The van der Waals surface area contributed by atoms with Crippen LogP contribution < -0.4 is 11.1 Å². The zero-order valence-corrected chi connectivity index (χ0v) is 13.4. The number of aryl methyl sites for hydroxylation is 1. The van der Waals surface area contributed by atoms with Gasteiger partial charge in [-0.15, -0.1) is 11.3 Å². The summed E-state index contributed by atoms with van der Waals surface area (Å²) >= 11 is 3.03. The number of thiazole rings is 1. The van der Waals surface area contributed by atoms with Gasteiger partial charge in [0.15, 0.2) is 0 Å². The highest BCUT2D eigenvalue weighted by Crippen LogP contribution is 2.36. The monoisotopic (exact) mass is 312 g/mol. The lowest BCUT2D eigenvalue weighted by Gasteiger charge is -2.05. The minimum Gasteiger partial charge on any atom is -0.385 e. The standard InChI is InChI=1S/C13H20N4OS2/c1-9-16-10(8-19-9)11-12(14)17-20-13(11)15-6-4-3-5-7-18-2/h8,15H,3-7H2,1-2H3,(H2,14,17). The van der Waals surface area contributed by atoms with Gasteiger partial charge in [0, 0.05) is 25.6 Å². The number of nitrogens with one attached hydrogen (secondary N) is 1. The van der Waals surface area contributed by atoms with Crippen molar-refractivity contribution in [1.82, 2.24) is 9.36 Å². The molecule has 0 amide bonds. The Balaban J connectivity index is 1.92. The van der Waals surface area contributed by atoms with E-state index in [1.54, 1.807) is 18.4 Å². The molecule has 0 radical (unpaired) electrons. The van der Waals surface area contributed by atoms with Crippen LogP contribution >= 0.6 is 22.9 Å². The van der Waals surface area contributed by atoms with Crippen LogP contribution in [0.3, 0.4) is 0 Å². The van der Waals surface area contributed by atoms with Crippen molar-refractivity contribution in [2.24, 2.45) is 0 Å². The summed E-state index contributed by atoms with van der Waals surface area (Å²) in [5, 5.41) is 7.50. The van der Waals surface area contributed by atoms with E-state index in [0.29, 0.717) is 5.82 Å². The van der Waals surface area contributed by atoms with Crippen molar-refractivity contribution < 1.29 is 4.74 Å². The Labute approximate surface area is 127 Å². The molecule has 7 heteroatoms. The van der Waals surface area contributed by atoms with Crippen molar-refractivity contribution in [1.29, 1.82) is 0 Å². The van der Waals surface area contributed by atoms with Gasteiger partial charge in [0.2, 0.25) is 0 Å². The average Bonchev–Trinajstić information content (AvgIpc) is 3.00. The van der Waals surface area contributed by atoms with Crippen LogP contribution in [0.15, 0.2) is 5.38 Å². The van der Waals surface area contributed by atoms with Crippen LogP contribution in [-0.2, 0) is 4.74 Å². The van der Waals surface area contributed by atoms with Gasteiger partial charge in [0.25, 0.3) is 0 Å². The predicted octanol–water partition coefficient (Wildman–Crippen LogP) is 3.39. The van der Waals surface area contributed by atoms with Crippen molar-refractivity contribution in [3.8, 4) is 11.3 Å². The molecule has 0 bridgehead atoms. The van der Waals surface area contributed by atoms with Crippen molar-refractivity contribution in [3.05, 3.63) is 10.4 Å². The average molecular weight is 312 g/mol. The van der Waals surface area contributed by atoms with Gasteiger partial charge >= 0.3 is 0 Å². The molecule has 0 aliphatic rings. The molecule has 0 unspecified atom stereocenters. The molecular weight excluding hydrogens is 292 g/mol. The highest BCUT2D eigenvalue weighted by atomic mass is 32.1. The number of rotatable bonds is 8. The maximum absolute atomic E-state index is 5.96. The Bertz CT molecular complexity index is 538. The van der Waals surface area contributed by atoms with Gasteiger partial charge in [-0.2, -0.15) is 4.37 Å². The number of nitrogens with zero attached hydrogens (tertiary/aromatic N) is 2. The van der Waals surface area contributed by atoms with Crippen LogP contribution in [0.2, 0.25) is 0 Å². The third-order valence-corrected chi connectivity index (χ3v) is 4.50. The minimum atomic E-state index is 0.558. The van der Waals surface area contributed by atoms with Gasteiger partial charge in [-0.3, -0.25) is 0 Å². The van der Waals surface area contributed by atoms with E-state index in [2.05, 4.69) is 14.7 Å². The fourth-order valence-electron chi connectivity index (χ4n) is 1.90. The molecule has 0 spiro atoms. The number of hydrogen-bond donors (Lipinski definition) is 2. The molecule has 0 fully saturated rings. The van der Waals surface area contributed by atoms with Crippen LogP contribution in [0.4, 0.5) is 10.8 Å². The summed E-state index contributed by atoms with van der Waals surface area (Å²) in [6, 6.07) is 0. The molecule has 0 saturated heterocycles. The van der Waals surface area contributed by atoms with Gasteiger partial charge in [-0.05, 0) is 37.7 Å². The van der Waals surface area contributed by atoms with Crippen LogP contribution in [-0.4, -0.2) is 29.6 Å². The first-order valence-electron chi connectivity index (χ1n) is 6.63. The van der Waals surface area contributed by atoms with E-state index < -0.39 is 0 Å². The second-order valence-corrected chi connectivity index (χ2v) is 6.34. The number of ether oxygens (including phenoxy) is 1. The van der Waals surface area contributed by atoms with Crippen molar-refractivity contribution in [2.75, 3.05) is 31.3 Å². The van der Waals surface area contributed by atoms with E-state index in [9.17, 15) is 0 Å². The van der Waals surface area contributed by atoms with Crippen molar-refractivity contribution in [3.63, 3.8) is 0 Å². The summed E-state index contributed by atoms with van der Waals surface area (Å²) in [6.07, 6.45) is 3.36. The Kier molecular flexibility index (Phi) is 5.75. The first-order valence-corrected chi connectivity index (χ1v) is 8.28. The zero-order chi connectivity index (χ0) is 14.4. The summed E-state index contributed by atoms with van der Waals surface area (Å²) in [6.45, 7) is 3.74. The van der Waals surface area contributed by atoms with E-state index in [-0.39, 0.29) is 0 Å². The predicted molar refractivity (Wildman–Crippen MR) is 86.6 cm³/mol. The molecular formula is C13H20N4OS2. The summed E-state index contributed by atoms with van der Waals surface area (Å²) in [5.74, 6) is 0.558. The molecule has 3 N–H and O–H groups in total. The van der Waals surface area contributed by atoms with E-state index in [0.717, 1.165) is 53.7 Å². The fourth-order valence-corrected chi connectivity index (χ4v) is 3.25. The smallest absolute Gasteiger partial charge is 0.148 e. The Hall–Kier alpha value is -1.18. The highest BCUT2D eigenvalue weighted by molar-refractivity contribution is 7.11. The number of methoxy groups -OCH3 is 1. The molecule has 2 rings (SSSR count). The van der Waals surface area contributed by atoms with Crippen LogP contribution in [0.5, 0.6) is 0 Å². The lowest BCUT2D eigenvalue weighted by atomic mass is 10.2. The molecule has 0 aliphatic carbocycles. The second-order valence-electron chi connectivity index (χ2n) is 4.50. The Morgan fingerprint density at radius 1 is 1.35 bits per heavy atom. The molecule has 20 heavy (non-hydrogen) atoms. The van der Waals surface area contributed by atoms with Crippen LogP contribution in [0.1, 0.15) is 24.3 Å². The van der Waals surface area contributed by atoms with Gasteiger partial charge in [0.1, 0.15) is 10.8 Å².